The van der Waals surface area contributed by atoms with E-state index in [1.54, 1.807) is 44.2 Å². The van der Waals surface area contributed by atoms with E-state index in [1.165, 1.54) is 0 Å². The molecule has 0 aliphatic rings. The third-order valence-electron chi connectivity index (χ3n) is 6.54. The summed E-state index contributed by atoms with van der Waals surface area (Å²) in [5.74, 6) is -0.285. The molecule has 5 rings (SSSR count). The monoisotopic (exact) mass is 530 g/mol. The van der Waals surface area contributed by atoms with Crippen LogP contribution in [0.1, 0.15) is 39.9 Å². The zero-order chi connectivity index (χ0) is 27.0. The third-order valence-corrected chi connectivity index (χ3v) is 7.91. The Hall–Kier alpha value is -4.44. The number of aromatic carboxylic acids is 1. The first-order valence-corrected chi connectivity index (χ1v) is 13.5. The van der Waals surface area contributed by atoms with Crippen LogP contribution >= 0.6 is 0 Å². The Morgan fingerprint density at radius 3 is 2.47 bits per heavy atom. The minimum atomic E-state index is -4.09. The van der Waals surface area contributed by atoms with E-state index >= 15 is 0 Å². The van der Waals surface area contributed by atoms with E-state index in [-0.39, 0.29) is 22.9 Å². The molecule has 0 radical (unpaired) electrons. The van der Waals surface area contributed by atoms with Crippen molar-refractivity contribution in [2.45, 2.75) is 38.6 Å². The molecule has 0 amide bonds. The zero-order valence-corrected chi connectivity index (χ0v) is 21.9. The number of hydrogen-bond donors (Lipinski definition) is 2. The van der Waals surface area contributed by atoms with Crippen molar-refractivity contribution in [3.05, 3.63) is 94.9 Å². The summed E-state index contributed by atoms with van der Waals surface area (Å²) in [6, 6.07) is 19.4. The molecule has 0 spiro atoms. The number of rotatable bonds is 8. The highest BCUT2D eigenvalue weighted by Gasteiger charge is 2.24. The van der Waals surface area contributed by atoms with Gasteiger partial charge in [-0.05, 0) is 43.2 Å². The van der Waals surface area contributed by atoms with E-state index in [9.17, 15) is 18.3 Å². The molecule has 0 bridgehead atoms. The average molecular weight is 531 g/mol. The summed E-state index contributed by atoms with van der Waals surface area (Å²) in [6.45, 7) is 5.65. The lowest BCUT2D eigenvalue weighted by atomic mass is 10.0. The van der Waals surface area contributed by atoms with Gasteiger partial charge in [0.05, 0.1) is 27.2 Å². The second-order valence-corrected chi connectivity index (χ2v) is 10.6. The number of carboxylic acid groups (broad SMARTS) is 1. The summed E-state index contributed by atoms with van der Waals surface area (Å²) in [4.78, 5) is 16.7. The van der Waals surface area contributed by atoms with Crippen molar-refractivity contribution >= 4 is 32.9 Å². The summed E-state index contributed by atoms with van der Waals surface area (Å²) in [5, 5.41) is 13.6. The molecule has 2 heterocycles. The number of para-hydroxylation sites is 1. The van der Waals surface area contributed by atoms with Gasteiger partial charge in [0.25, 0.3) is 10.0 Å². The normalized spacial score (nSPS) is 11.7. The fourth-order valence-electron chi connectivity index (χ4n) is 4.46. The molecule has 0 aliphatic heterocycles. The Bertz CT molecular complexity index is 1770. The van der Waals surface area contributed by atoms with E-state index in [1.807, 2.05) is 47.9 Å². The lowest BCUT2D eigenvalue weighted by Gasteiger charge is -2.15. The molecule has 0 saturated heterocycles. The van der Waals surface area contributed by atoms with E-state index in [0.29, 0.717) is 45.7 Å². The van der Waals surface area contributed by atoms with Crippen LogP contribution in [-0.2, 0) is 23.0 Å². The summed E-state index contributed by atoms with van der Waals surface area (Å²) in [6.07, 6.45) is 0.576. The minimum absolute atomic E-state index is 0.0619. The molecule has 3 aromatic carbocycles. The van der Waals surface area contributed by atoms with Crippen LogP contribution in [0.3, 0.4) is 0 Å². The smallest absolute Gasteiger partial charge is 0.337 e. The summed E-state index contributed by atoms with van der Waals surface area (Å²) >= 11 is 0. The maximum Gasteiger partial charge on any atom is 0.337 e. The highest BCUT2D eigenvalue weighted by atomic mass is 32.2. The molecule has 0 aliphatic carbocycles. The molecule has 2 N–H and O–H groups in total. The van der Waals surface area contributed by atoms with Crippen molar-refractivity contribution < 1.29 is 22.8 Å². The first-order chi connectivity index (χ1) is 18.2. The predicted molar refractivity (Wildman–Crippen MR) is 144 cm³/mol. The molecule has 9 nitrogen and oxygen atoms in total. The molecule has 5 aromatic rings. The number of anilines is 1. The second-order valence-electron chi connectivity index (χ2n) is 8.97. The number of benzene rings is 3. The van der Waals surface area contributed by atoms with Crippen LogP contribution in [-0.4, -0.2) is 34.2 Å². The van der Waals surface area contributed by atoms with E-state index in [2.05, 4.69) is 14.9 Å². The summed E-state index contributed by atoms with van der Waals surface area (Å²) < 4.78 is 37.0. The van der Waals surface area contributed by atoms with Gasteiger partial charge in [-0.1, -0.05) is 60.6 Å². The number of aromatic nitrogens is 3. The molecule has 2 aromatic heterocycles. The topological polar surface area (TPSA) is 127 Å². The first-order valence-electron chi connectivity index (χ1n) is 12.0. The highest BCUT2D eigenvalue weighted by Crippen LogP contribution is 2.32. The maximum atomic E-state index is 13.7. The SMILES string of the molecule is CCc1nc2cccc(C(=O)O)c2n1Cc1ccc(-c2ccccc2)c(S(=O)(=O)Nc2onc(C)c2C)c1. The standard InChI is InChI=1S/C28H26N4O5S/c1-4-25-29-23-12-8-11-22(28(33)34)26(23)32(25)16-19-13-14-21(20-9-6-5-7-10-20)24(15-19)38(35,36)31-27-17(2)18(3)30-37-27/h5-15,31H,4,16H2,1-3H3,(H,33,34). The maximum absolute atomic E-state index is 13.7. The van der Waals surface area contributed by atoms with Crippen LogP contribution in [0.4, 0.5) is 5.88 Å². The number of carboxylic acids is 1. The molecular weight excluding hydrogens is 504 g/mol. The van der Waals surface area contributed by atoms with Crippen LogP contribution in [0.5, 0.6) is 0 Å². The van der Waals surface area contributed by atoms with Gasteiger partial charge in [0.1, 0.15) is 5.82 Å². The molecule has 0 atom stereocenters. The van der Waals surface area contributed by atoms with Crippen LogP contribution < -0.4 is 4.72 Å². The fraction of sp³-hybridized carbons (Fsp3) is 0.179. The Morgan fingerprint density at radius 2 is 1.82 bits per heavy atom. The van der Waals surface area contributed by atoms with Crippen LogP contribution in [0.15, 0.2) is 76.1 Å². The van der Waals surface area contributed by atoms with Crippen molar-refractivity contribution in [1.82, 2.24) is 14.7 Å². The fourth-order valence-corrected chi connectivity index (χ4v) is 5.79. The van der Waals surface area contributed by atoms with E-state index < -0.39 is 16.0 Å². The van der Waals surface area contributed by atoms with Gasteiger partial charge in [0.2, 0.25) is 5.88 Å². The van der Waals surface area contributed by atoms with E-state index in [0.717, 1.165) is 5.56 Å². The molecule has 194 valence electrons. The van der Waals surface area contributed by atoms with Gasteiger partial charge < -0.3 is 14.2 Å². The summed E-state index contributed by atoms with van der Waals surface area (Å²) in [5.41, 5.74) is 4.34. The Morgan fingerprint density at radius 1 is 1.05 bits per heavy atom. The molecule has 0 unspecified atom stereocenters. The average Bonchev–Trinajstić information content (AvgIpc) is 3.43. The number of sulfonamides is 1. The number of hydrogen-bond acceptors (Lipinski definition) is 6. The van der Waals surface area contributed by atoms with Crippen molar-refractivity contribution in [2.24, 2.45) is 0 Å². The third kappa shape index (κ3) is 4.54. The molecule has 10 heteroatoms. The molecule has 38 heavy (non-hydrogen) atoms. The molecule has 0 fully saturated rings. The van der Waals surface area contributed by atoms with Gasteiger partial charge in [-0.15, -0.1) is 0 Å². The van der Waals surface area contributed by atoms with Crippen molar-refractivity contribution in [3.8, 4) is 11.1 Å². The Balaban J connectivity index is 1.65. The predicted octanol–water partition coefficient (Wildman–Crippen LogP) is 5.42. The van der Waals surface area contributed by atoms with Crippen LogP contribution in [0, 0.1) is 13.8 Å². The Kier molecular flexibility index (Phi) is 6.50. The van der Waals surface area contributed by atoms with Crippen LogP contribution in [0.2, 0.25) is 0 Å². The first kappa shape index (κ1) is 25.2. The van der Waals surface area contributed by atoms with Crippen molar-refractivity contribution in [2.75, 3.05) is 4.72 Å². The number of imidazole rings is 1. The minimum Gasteiger partial charge on any atom is -0.478 e. The largest absolute Gasteiger partial charge is 0.478 e. The highest BCUT2D eigenvalue weighted by molar-refractivity contribution is 7.92. The summed E-state index contributed by atoms with van der Waals surface area (Å²) in [7, 11) is -4.09. The van der Waals surface area contributed by atoms with Gasteiger partial charge in [-0.3, -0.25) is 0 Å². The zero-order valence-electron chi connectivity index (χ0n) is 21.1. The van der Waals surface area contributed by atoms with Gasteiger partial charge in [0.15, 0.2) is 0 Å². The quantitative estimate of drug-likeness (QED) is 0.274. The van der Waals surface area contributed by atoms with Gasteiger partial charge >= 0.3 is 5.97 Å². The van der Waals surface area contributed by atoms with Crippen LogP contribution in [0.25, 0.3) is 22.2 Å². The lowest BCUT2D eigenvalue weighted by molar-refractivity contribution is 0.0698. The number of fused-ring (bicyclic) bond motifs is 1. The molecule has 0 saturated carbocycles. The number of aryl methyl sites for hydroxylation is 2. The molecular formula is C28H26N4O5S. The second kappa shape index (κ2) is 9.79. The number of nitrogens with zero attached hydrogens (tertiary/aromatic N) is 3. The van der Waals surface area contributed by atoms with Crippen molar-refractivity contribution in [3.63, 3.8) is 0 Å². The van der Waals surface area contributed by atoms with Gasteiger partial charge in [-0.2, -0.15) is 0 Å². The number of nitrogens with one attached hydrogen (secondary N) is 1. The van der Waals surface area contributed by atoms with Gasteiger partial charge in [0, 0.05) is 24.1 Å². The van der Waals surface area contributed by atoms with E-state index in [4.69, 9.17) is 4.52 Å². The van der Waals surface area contributed by atoms with Crippen molar-refractivity contribution in [1.29, 1.82) is 0 Å². The lowest BCUT2D eigenvalue weighted by Crippen LogP contribution is -2.15. The Labute approximate surface area is 219 Å². The number of carbonyl (C=O) groups is 1. The van der Waals surface area contributed by atoms with Gasteiger partial charge in [-0.25, -0.2) is 22.9 Å².